The van der Waals surface area contributed by atoms with Crippen LogP contribution in [0.4, 0.5) is 0 Å². The molecule has 2 aromatic carbocycles. The molecule has 0 saturated carbocycles. The first kappa shape index (κ1) is 24.1. The Morgan fingerprint density at radius 1 is 1.05 bits per heavy atom. The molecule has 186 valence electrons. The average Bonchev–Trinajstić information content (AvgIpc) is 3.48. The monoisotopic (exact) mass is 494 g/mol. The minimum atomic E-state index is -0.549. The number of carbonyl (C=O) groups is 2. The third-order valence-corrected chi connectivity index (χ3v) is 6.52. The van der Waals surface area contributed by atoms with Crippen molar-refractivity contribution in [1.29, 1.82) is 0 Å². The van der Waals surface area contributed by atoms with Gasteiger partial charge in [0, 0.05) is 23.1 Å². The van der Waals surface area contributed by atoms with Crippen LogP contribution in [0.1, 0.15) is 52.6 Å². The third-order valence-electron chi connectivity index (χ3n) is 6.52. The van der Waals surface area contributed by atoms with Crippen LogP contribution in [0.25, 0.3) is 23.5 Å². The zero-order chi connectivity index (χ0) is 26.1. The topological polar surface area (TPSA) is 89.9 Å². The smallest absolute Gasteiger partial charge is 0.335 e. The van der Waals surface area contributed by atoms with E-state index in [4.69, 9.17) is 13.6 Å². The Balaban J connectivity index is 1.62. The first-order valence-electron chi connectivity index (χ1n) is 12.0. The maximum Gasteiger partial charge on any atom is 0.335 e. The van der Waals surface area contributed by atoms with Crippen molar-refractivity contribution in [3.63, 3.8) is 0 Å². The molecule has 1 N–H and O–H groups in total. The summed E-state index contributed by atoms with van der Waals surface area (Å²) in [5, 5.41) is 11.3. The number of esters is 1. The van der Waals surface area contributed by atoms with Crippen LogP contribution < -0.4 is 10.8 Å². The maximum absolute atomic E-state index is 13.0. The van der Waals surface area contributed by atoms with Gasteiger partial charge in [0.2, 0.25) is 0 Å². The van der Waals surface area contributed by atoms with E-state index in [0.717, 1.165) is 23.0 Å². The molecule has 0 bridgehead atoms. The summed E-state index contributed by atoms with van der Waals surface area (Å²) < 4.78 is 17.5. The standard InChI is InChI=1S/C31H26O6/c1-4-35-31(34)27-19(3)14-25-29(28(27)21-8-6-5-7-9-21)30(33)26(37-25)16-22-12-13-24(36-22)23-15-20(17-32)11-10-18(23)2/h5-17,28,33H,4H2,1-3H3. The number of furan rings is 2. The first-order chi connectivity index (χ1) is 17.9. The van der Waals surface area contributed by atoms with Gasteiger partial charge in [-0.3, -0.25) is 4.79 Å². The number of aryl methyl sites for hydroxylation is 1. The van der Waals surface area contributed by atoms with Crippen LogP contribution in [0.15, 0.2) is 80.6 Å². The van der Waals surface area contributed by atoms with Crippen LogP contribution in [0.3, 0.4) is 0 Å². The molecule has 5 rings (SSSR count). The second kappa shape index (κ2) is 9.82. The number of allylic oxidation sites excluding steroid dienone is 1. The molecule has 1 unspecified atom stereocenters. The van der Waals surface area contributed by atoms with Crippen molar-refractivity contribution in [3.8, 4) is 17.1 Å². The van der Waals surface area contributed by atoms with Crippen LogP contribution in [0, 0.1) is 6.92 Å². The van der Waals surface area contributed by atoms with Gasteiger partial charge in [-0.1, -0.05) is 42.5 Å². The number of fused-ring (bicyclic) bond motifs is 1. The number of hydrogen-bond acceptors (Lipinski definition) is 6. The molecule has 1 aliphatic rings. The highest BCUT2D eigenvalue weighted by molar-refractivity contribution is 5.95. The van der Waals surface area contributed by atoms with E-state index >= 15 is 0 Å². The van der Waals surface area contributed by atoms with Crippen LogP contribution in [0.5, 0.6) is 5.75 Å². The zero-order valence-corrected chi connectivity index (χ0v) is 20.8. The first-order valence-corrected chi connectivity index (χ1v) is 12.0. The molecule has 0 fully saturated rings. The molecule has 0 aliphatic heterocycles. The summed E-state index contributed by atoms with van der Waals surface area (Å²) in [5.74, 6) is 0.0296. The second-order valence-electron chi connectivity index (χ2n) is 8.94. The Labute approximate surface area is 213 Å². The van der Waals surface area contributed by atoms with Gasteiger partial charge in [-0.2, -0.15) is 0 Å². The van der Waals surface area contributed by atoms with Crippen molar-refractivity contribution in [2.24, 2.45) is 0 Å². The predicted octanol–water partition coefficient (Wildman–Crippen LogP) is 5.00. The van der Waals surface area contributed by atoms with E-state index in [1.807, 2.05) is 56.3 Å². The number of hydrogen-bond donors (Lipinski definition) is 1. The van der Waals surface area contributed by atoms with Gasteiger partial charge in [-0.25, -0.2) is 4.79 Å². The fourth-order valence-electron chi connectivity index (χ4n) is 4.75. The molecule has 0 spiro atoms. The molecule has 0 saturated heterocycles. The SMILES string of the molecule is CCOC(=O)C1=C(C)C=c2oc(=Cc3ccc(-c4cc(C=O)ccc4C)o3)c(O)c2C1c1ccccc1. The summed E-state index contributed by atoms with van der Waals surface area (Å²) in [6.45, 7) is 5.79. The molecule has 0 radical (unpaired) electrons. The molecule has 4 aromatic rings. The van der Waals surface area contributed by atoms with Gasteiger partial charge in [0.1, 0.15) is 23.2 Å². The van der Waals surface area contributed by atoms with Crippen LogP contribution in [-0.2, 0) is 9.53 Å². The molecular weight excluding hydrogens is 468 g/mol. The summed E-state index contributed by atoms with van der Waals surface area (Å²) in [6.07, 6.45) is 4.16. The van der Waals surface area contributed by atoms with E-state index < -0.39 is 11.9 Å². The quantitative estimate of drug-likeness (QED) is 0.300. The number of carbonyl (C=O) groups excluding carboxylic acids is 2. The Morgan fingerprint density at radius 3 is 2.57 bits per heavy atom. The Hall–Kier alpha value is -4.58. The van der Waals surface area contributed by atoms with Crippen molar-refractivity contribution in [1.82, 2.24) is 0 Å². The van der Waals surface area contributed by atoms with Crippen LogP contribution in [-0.4, -0.2) is 24.0 Å². The maximum atomic E-state index is 13.0. The number of aldehydes is 1. The zero-order valence-electron chi connectivity index (χ0n) is 20.8. The Kier molecular flexibility index (Phi) is 6.40. The largest absolute Gasteiger partial charge is 0.504 e. The molecule has 6 nitrogen and oxygen atoms in total. The predicted molar refractivity (Wildman–Crippen MR) is 140 cm³/mol. The molecule has 37 heavy (non-hydrogen) atoms. The van der Waals surface area contributed by atoms with E-state index in [9.17, 15) is 14.7 Å². The highest BCUT2D eigenvalue weighted by atomic mass is 16.5. The lowest BCUT2D eigenvalue weighted by Crippen LogP contribution is -2.24. The normalized spacial score (nSPS) is 15.3. The van der Waals surface area contributed by atoms with Crippen LogP contribution >= 0.6 is 0 Å². The van der Waals surface area contributed by atoms with E-state index in [0.29, 0.717) is 39.2 Å². The molecule has 2 heterocycles. The van der Waals surface area contributed by atoms with Crippen molar-refractivity contribution < 1.29 is 28.3 Å². The average molecular weight is 495 g/mol. The van der Waals surface area contributed by atoms with Gasteiger partial charge in [0.15, 0.2) is 11.2 Å². The summed E-state index contributed by atoms with van der Waals surface area (Å²) in [4.78, 5) is 24.2. The lowest BCUT2D eigenvalue weighted by Gasteiger charge is -2.23. The number of benzene rings is 2. The molecule has 1 aliphatic carbocycles. The van der Waals surface area contributed by atoms with E-state index in [2.05, 4.69) is 0 Å². The van der Waals surface area contributed by atoms with E-state index in [-0.39, 0.29) is 17.8 Å². The molecule has 1 atom stereocenters. The Bertz CT molecular complexity index is 1650. The van der Waals surface area contributed by atoms with E-state index in [1.54, 1.807) is 37.3 Å². The Morgan fingerprint density at radius 2 is 1.84 bits per heavy atom. The lowest BCUT2D eigenvalue weighted by atomic mass is 9.80. The minimum absolute atomic E-state index is 0.0634. The highest BCUT2D eigenvalue weighted by Gasteiger charge is 2.34. The van der Waals surface area contributed by atoms with Crippen LogP contribution in [0.2, 0.25) is 0 Å². The fraction of sp³-hybridized carbons (Fsp3) is 0.161. The van der Waals surface area contributed by atoms with Crippen molar-refractivity contribution in [3.05, 3.63) is 111 Å². The van der Waals surface area contributed by atoms with Crippen molar-refractivity contribution in [2.75, 3.05) is 6.61 Å². The molecule has 0 amide bonds. The van der Waals surface area contributed by atoms with Gasteiger partial charge in [0.25, 0.3) is 0 Å². The molecule has 6 heteroatoms. The molecule has 2 aromatic heterocycles. The van der Waals surface area contributed by atoms with Gasteiger partial charge < -0.3 is 18.7 Å². The summed E-state index contributed by atoms with van der Waals surface area (Å²) in [7, 11) is 0. The summed E-state index contributed by atoms with van der Waals surface area (Å²) >= 11 is 0. The minimum Gasteiger partial charge on any atom is -0.504 e. The van der Waals surface area contributed by atoms with Gasteiger partial charge in [-0.05, 0) is 61.7 Å². The fourth-order valence-corrected chi connectivity index (χ4v) is 4.75. The lowest BCUT2D eigenvalue weighted by molar-refractivity contribution is -0.138. The van der Waals surface area contributed by atoms with Gasteiger partial charge >= 0.3 is 5.97 Å². The second-order valence-corrected chi connectivity index (χ2v) is 8.94. The molecular formula is C31H26O6. The number of aromatic hydroxyl groups is 1. The van der Waals surface area contributed by atoms with E-state index in [1.165, 1.54) is 0 Å². The van der Waals surface area contributed by atoms with Crippen molar-refractivity contribution >= 4 is 24.4 Å². The van der Waals surface area contributed by atoms with Crippen molar-refractivity contribution in [2.45, 2.75) is 26.7 Å². The number of ether oxygens (including phenoxy) is 1. The highest BCUT2D eigenvalue weighted by Crippen LogP contribution is 2.38. The number of rotatable bonds is 6. The third kappa shape index (κ3) is 4.42. The van der Waals surface area contributed by atoms with Gasteiger partial charge in [-0.15, -0.1) is 0 Å². The summed E-state index contributed by atoms with van der Waals surface area (Å²) in [5.41, 5.74) is 5.56. The summed E-state index contributed by atoms with van der Waals surface area (Å²) in [6, 6.07) is 18.5. The van der Waals surface area contributed by atoms with Gasteiger partial charge in [0.05, 0.1) is 17.7 Å².